The summed E-state index contributed by atoms with van der Waals surface area (Å²) in [5.41, 5.74) is 5.48. The monoisotopic (exact) mass is 275 g/mol. The first-order valence-corrected chi connectivity index (χ1v) is 5.81. The van der Waals surface area contributed by atoms with Gasteiger partial charge in [-0.1, -0.05) is 0 Å². The minimum Gasteiger partial charge on any atom is -0.395 e. The van der Waals surface area contributed by atoms with Crippen LogP contribution in [0, 0.1) is 0 Å². The van der Waals surface area contributed by atoms with Crippen molar-refractivity contribution < 1.29 is 14.6 Å². The maximum atomic E-state index is 11.6. The summed E-state index contributed by atoms with van der Waals surface area (Å²) < 4.78 is 5.29. The molecule has 8 nitrogen and oxygen atoms in total. The molecule has 2 aliphatic heterocycles. The predicted octanol–water partition coefficient (Wildman–Crippen LogP) is -1.96. The number of hydrogen-bond acceptors (Lipinski definition) is 7. The molecule has 0 saturated heterocycles. The van der Waals surface area contributed by atoms with Crippen molar-refractivity contribution in [2.45, 2.75) is 17.6 Å². The lowest BCUT2D eigenvalue weighted by Crippen LogP contribution is -2.54. The highest BCUT2D eigenvalue weighted by atomic mass is 35.5. The molecule has 1 amide bonds. The predicted molar refractivity (Wildman–Crippen MR) is 65.2 cm³/mol. The maximum Gasteiger partial charge on any atom is 0.255 e. The highest BCUT2D eigenvalue weighted by Gasteiger charge is 2.39. The highest BCUT2D eigenvalue weighted by molar-refractivity contribution is 6.20. The van der Waals surface area contributed by atoms with Crippen molar-refractivity contribution in [1.82, 2.24) is 10.2 Å². The maximum absolute atomic E-state index is 11.6. The number of carbonyl (C=O) groups excluding carboxylic acids is 1. The van der Waals surface area contributed by atoms with E-state index in [1.807, 2.05) is 0 Å². The van der Waals surface area contributed by atoms with Gasteiger partial charge in [-0.15, -0.1) is 11.6 Å². The minimum absolute atomic E-state index is 0.0716. The first-order valence-electron chi connectivity index (χ1n) is 5.37. The molecule has 0 aromatic rings. The second kappa shape index (κ2) is 5.51. The number of nitrogens with zero attached hydrogens (tertiary/aromatic N) is 3. The van der Waals surface area contributed by atoms with E-state index >= 15 is 0 Å². The molecule has 3 unspecified atom stereocenters. The summed E-state index contributed by atoms with van der Waals surface area (Å²) in [5.74, 6) is -0.209. The Kier molecular flexibility index (Phi) is 4.00. The van der Waals surface area contributed by atoms with Gasteiger partial charge in [-0.3, -0.25) is 15.1 Å². The average molecular weight is 276 g/mol. The van der Waals surface area contributed by atoms with E-state index in [0.29, 0.717) is 0 Å². The highest BCUT2D eigenvalue weighted by Crippen LogP contribution is 2.17. The van der Waals surface area contributed by atoms with Crippen molar-refractivity contribution in [2.24, 2.45) is 15.7 Å². The first-order chi connectivity index (χ1) is 8.61. The number of nitrogens with two attached hydrogens (primary N) is 1. The molecule has 0 aromatic carbocycles. The molecule has 18 heavy (non-hydrogen) atoms. The van der Waals surface area contributed by atoms with Crippen LogP contribution in [0.1, 0.15) is 0 Å². The number of aliphatic hydroxyl groups excluding tert-OH is 1. The van der Waals surface area contributed by atoms with E-state index in [0.717, 1.165) is 0 Å². The molecule has 9 heteroatoms. The van der Waals surface area contributed by atoms with Crippen molar-refractivity contribution in [3.63, 3.8) is 0 Å². The van der Waals surface area contributed by atoms with E-state index in [9.17, 15) is 4.79 Å². The quantitative estimate of drug-likeness (QED) is 0.505. The van der Waals surface area contributed by atoms with Gasteiger partial charge in [0.25, 0.3) is 5.91 Å². The molecule has 0 saturated carbocycles. The molecular weight excluding hydrogens is 262 g/mol. The third kappa shape index (κ3) is 2.71. The lowest BCUT2D eigenvalue weighted by molar-refractivity contribution is -0.122. The van der Waals surface area contributed by atoms with Crippen molar-refractivity contribution in [3.05, 3.63) is 0 Å². The number of nitrogens with one attached hydrogen (secondary N) is 1. The molecule has 4 N–H and O–H groups in total. The van der Waals surface area contributed by atoms with Crippen LogP contribution in [0.25, 0.3) is 0 Å². The smallest absolute Gasteiger partial charge is 0.255 e. The van der Waals surface area contributed by atoms with Crippen molar-refractivity contribution >= 4 is 29.8 Å². The SMILES string of the molecule is NC1=NC2C(N=CN2COCC(Cl)CO)C(=O)N1. The molecule has 0 bridgehead atoms. The molecule has 3 atom stereocenters. The topological polar surface area (TPSA) is 113 Å². The van der Waals surface area contributed by atoms with E-state index in [1.54, 1.807) is 4.90 Å². The number of hydrogen-bond donors (Lipinski definition) is 3. The molecule has 2 aliphatic rings. The van der Waals surface area contributed by atoms with E-state index in [1.165, 1.54) is 6.34 Å². The second-order valence-corrected chi connectivity index (χ2v) is 4.54. The van der Waals surface area contributed by atoms with E-state index in [-0.39, 0.29) is 31.8 Å². The third-order valence-corrected chi connectivity index (χ3v) is 2.79. The number of halogens is 1. The number of aliphatic imine (C=N–C) groups is 2. The van der Waals surface area contributed by atoms with Gasteiger partial charge in [-0.25, -0.2) is 4.99 Å². The lowest BCUT2D eigenvalue weighted by atomic mass is 10.2. The fraction of sp³-hybridized carbons (Fsp3) is 0.667. The van der Waals surface area contributed by atoms with Crippen molar-refractivity contribution in [3.8, 4) is 0 Å². The average Bonchev–Trinajstić information content (AvgIpc) is 2.72. The molecule has 2 rings (SSSR count). The van der Waals surface area contributed by atoms with Crippen LogP contribution in [0.15, 0.2) is 9.98 Å². The molecule has 100 valence electrons. The van der Waals surface area contributed by atoms with Gasteiger partial charge >= 0.3 is 0 Å². The van der Waals surface area contributed by atoms with Gasteiger partial charge in [0.2, 0.25) is 0 Å². The Morgan fingerprint density at radius 1 is 1.72 bits per heavy atom. The van der Waals surface area contributed by atoms with Crippen molar-refractivity contribution in [2.75, 3.05) is 19.9 Å². The zero-order chi connectivity index (χ0) is 13.1. The number of fused-ring (bicyclic) bond motifs is 1. The molecule has 0 radical (unpaired) electrons. The van der Waals surface area contributed by atoms with Gasteiger partial charge < -0.3 is 20.5 Å². The molecule has 0 aliphatic carbocycles. The van der Waals surface area contributed by atoms with E-state index in [4.69, 9.17) is 27.2 Å². The minimum atomic E-state index is -0.592. The molecule has 0 fully saturated rings. The summed E-state index contributed by atoms with van der Waals surface area (Å²) in [5, 5.41) is 10.7. The number of alkyl halides is 1. The van der Waals surface area contributed by atoms with Crippen LogP contribution < -0.4 is 11.1 Å². The summed E-state index contributed by atoms with van der Waals surface area (Å²) in [4.78, 5) is 21.3. The number of amides is 1. The Bertz CT molecular complexity index is 388. The Balaban J connectivity index is 1.89. The van der Waals surface area contributed by atoms with Gasteiger partial charge in [-0.2, -0.15) is 0 Å². The number of rotatable bonds is 5. The Morgan fingerprint density at radius 3 is 3.22 bits per heavy atom. The normalized spacial score (nSPS) is 27.8. The lowest BCUT2D eigenvalue weighted by Gasteiger charge is -2.27. The Hall–Kier alpha value is -1.38. The van der Waals surface area contributed by atoms with Gasteiger partial charge in [0.1, 0.15) is 6.73 Å². The van der Waals surface area contributed by atoms with Gasteiger partial charge in [0.05, 0.1) is 24.9 Å². The van der Waals surface area contributed by atoms with Crippen LogP contribution in [0.3, 0.4) is 0 Å². The largest absolute Gasteiger partial charge is 0.395 e. The van der Waals surface area contributed by atoms with Gasteiger partial charge in [-0.05, 0) is 0 Å². The molecular formula is C9H14ClN5O3. The standard InChI is InChI=1S/C9H14ClN5O3/c10-5(1-16)2-18-4-15-3-12-6-7(15)13-9(11)14-8(6)17/h3,5-7,16H,1-2,4H2,(H3,11,13,14,17). The zero-order valence-corrected chi connectivity index (χ0v) is 10.2. The van der Waals surface area contributed by atoms with Crippen LogP contribution in [0.5, 0.6) is 0 Å². The Morgan fingerprint density at radius 2 is 2.50 bits per heavy atom. The van der Waals surface area contributed by atoms with E-state index < -0.39 is 17.6 Å². The van der Waals surface area contributed by atoms with Crippen LogP contribution >= 0.6 is 11.6 Å². The molecule has 0 spiro atoms. The summed E-state index contributed by atoms with van der Waals surface area (Å²) in [6, 6.07) is -0.592. The van der Waals surface area contributed by atoms with Crippen LogP contribution in [0.4, 0.5) is 0 Å². The fourth-order valence-corrected chi connectivity index (χ4v) is 1.74. The summed E-state index contributed by atoms with van der Waals surface area (Å²) in [6.45, 7) is 0.221. The zero-order valence-electron chi connectivity index (χ0n) is 9.49. The second-order valence-electron chi connectivity index (χ2n) is 3.92. The van der Waals surface area contributed by atoms with Crippen LogP contribution in [-0.2, 0) is 9.53 Å². The van der Waals surface area contributed by atoms with Gasteiger partial charge in [0.15, 0.2) is 18.2 Å². The molecule has 2 heterocycles. The number of guanidine groups is 1. The first kappa shape index (κ1) is 13.1. The van der Waals surface area contributed by atoms with Crippen molar-refractivity contribution in [1.29, 1.82) is 0 Å². The summed E-state index contributed by atoms with van der Waals surface area (Å²) in [6.07, 6.45) is 1.03. The molecule has 0 aromatic heterocycles. The number of aliphatic hydroxyl groups is 1. The third-order valence-electron chi connectivity index (χ3n) is 2.53. The summed E-state index contributed by atoms with van der Waals surface area (Å²) in [7, 11) is 0. The number of ether oxygens (including phenoxy) is 1. The Labute approximate surface area is 108 Å². The summed E-state index contributed by atoms with van der Waals surface area (Å²) >= 11 is 5.70. The van der Waals surface area contributed by atoms with Crippen LogP contribution in [0.2, 0.25) is 0 Å². The van der Waals surface area contributed by atoms with Gasteiger partial charge in [0, 0.05) is 0 Å². The fourth-order valence-electron chi connectivity index (χ4n) is 1.66. The van der Waals surface area contributed by atoms with E-state index in [2.05, 4.69) is 15.3 Å². The van der Waals surface area contributed by atoms with Crippen LogP contribution in [-0.4, -0.2) is 65.7 Å². The number of carbonyl (C=O) groups is 1.